The van der Waals surface area contributed by atoms with E-state index in [-0.39, 0.29) is 11.9 Å². The van der Waals surface area contributed by atoms with E-state index in [0.29, 0.717) is 13.0 Å². The quantitative estimate of drug-likeness (QED) is 0.129. The zero-order chi connectivity index (χ0) is 21.7. The number of hydrogen-bond acceptors (Lipinski definition) is 4. The number of rotatable bonds is 19. The second-order valence-electron chi connectivity index (χ2n) is 8.24. The summed E-state index contributed by atoms with van der Waals surface area (Å²) < 4.78 is 10.3. The summed E-state index contributed by atoms with van der Waals surface area (Å²) in [6.07, 6.45) is 20.2. The number of hydrogen-bond donors (Lipinski definition) is 0. The Kier molecular flexibility index (Phi) is 19.1. The first-order valence-corrected chi connectivity index (χ1v) is 12.0. The van der Waals surface area contributed by atoms with E-state index in [1.165, 1.54) is 57.8 Å². The van der Waals surface area contributed by atoms with Crippen molar-refractivity contribution in [3.63, 3.8) is 0 Å². The summed E-state index contributed by atoms with van der Waals surface area (Å²) in [6.45, 7) is 8.03. The molecular formula is C25H46O4. The molecule has 0 bridgehead atoms. The Hall–Kier alpha value is -1.32. The van der Waals surface area contributed by atoms with Gasteiger partial charge in [-0.05, 0) is 39.0 Å². The number of esters is 2. The van der Waals surface area contributed by atoms with Crippen molar-refractivity contribution in [3.8, 4) is 0 Å². The molecule has 0 aliphatic rings. The van der Waals surface area contributed by atoms with Gasteiger partial charge in [0.1, 0.15) is 0 Å². The van der Waals surface area contributed by atoms with Crippen LogP contribution < -0.4 is 0 Å². The zero-order valence-corrected chi connectivity index (χ0v) is 19.5. The lowest BCUT2D eigenvalue weighted by Crippen LogP contribution is -2.33. The molecule has 1 atom stereocenters. The van der Waals surface area contributed by atoms with Gasteiger partial charge in [-0.1, -0.05) is 84.3 Å². The minimum Gasteiger partial charge on any atom is -0.463 e. The standard InChI is InChI=1S/C25H46O4/c1-5-7-8-9-10-11-12-13-14-15-16-17-18-19-20-21-23(26)29-24(22(3)4)25(27)28-6-2/h13-14,22,24H,5-12,15-21H2,1-4H3/b14-13+. The molecule has 170 valence electrons. The Morgan fingerprint density at radius 2 is 1.28 bits per heavy atom. The van der Waals surface area contributed by atoms with E-state index in [4.69, 9.17) is 9.47 Å². The number of unbranched alkanes of at least 4 members (excludes halogenated alkanes) is 11. The van der Waals surface area contributed by atoms with Crippen molar-refractivity contribution in [1.82, 2.24) is 0 Å². The first kappa shape index (κ1) is 27.7. The highest BCUT2D eigenvalue weighted by Crippen LogP contribution is 2.13. The van der Waals surface area contributed by atoms with Crippen LogP contribution in [-0.4, -0.2) is 24.6 Å². The first-order chi connectivity index (χ1) is 14.0. The third-order valence-corrected chi connectivity index (χ3v) is 5.03. The van der Waals surface area contributed by atoms with E-state index < -0.39 is 12.1 Å². The van der Waals surface area contributed by atoms with Crippen molar-refractivity contribution < 1.29 is 19.1 Å². The van der Waals surface area contributed by atoms with Gasteiger partial charge in [0.25, 0.3) is 0 Å². The van der Waals surface area contributed by atoms with Crippen LogP contribution in [0.4, 0.5) is 0 Å². The minimum atomic E-state index is -0.787. The van der Waals surface area contributed by atoms with E-state index in [1.54, 1.807) is 6.92 Å². The topological polar surface area (TPSA) is 52.6 Å². The second-order valence-corrected chi connectivity index (χ2v) is 8.24. The molecule has 0 fully saturated rings. The summed E-state index contributed by atoms with van der Waals surface area (Å²) in [7, 11) is 0. The molecule has 0 saturated carbocycles. The number of carbonyl (C=O) groups is 2. The van der Waals surface area contributed by atoms with Gasteiger partial charge in [0.05, 0.1) is 6.61 Å². The lowest BCUT2D eigenvalue weighted by molar-refractivity contribution is -0.170. The molecule has 4 nitrogen and oxygen atoms in total. The first-order valence-electron chi connectivity index (χ1n) is 12.0. The van der Waals surface area contributed by atoms with Crippen molar-refractivity contribution in [2.45, 2.75) is 124 Å². The Labute approximate surface area is 179 Å². The fraction of sp³-hybridized carbons (Fsp3) is 0.840. The van der Waals surface area contributed by atoms with Crippen LogP contribution in [0.3, 0.4) is 0 Å². The lowest BCUT2D eigenvalue weighted by atomic mass is 10.1. The predicted octanol–water partition coefficient (Wildman–Crippen LogP) is 7.15. The Balaban J connectivity index is 3.58. The molecule has 0 aliphatic carbocycles. The molecule has 4 heteroatoms. The van der Waals surface area contributed by atoms with Crippen LogP contribution in [0.2, 0.25) is 0 Å². The highest BCUT2D eigenvalue weighted by molar-refractivity contribution is 5.79. The number of allylic oxidation sites excluding steroid dienone is 2. The van der Waals surface area contributed by atoms with E-state index >= 15 is 0 Å². The SMILES string of the molecule is CCCCCCCC/C=C/CCCCCCCC(=O)OC(C(=O)OCC)C(C)C. The third-order valence-electron chi connectivity index (χ3n) is 5.03. The fourth-order valence-corrected chi connectivity index (χ4v) is 3.22. The summed E-state index contributed by atoms with van der Waals surface area (Å²) in [5.74, 6) is -0.818. The summed E-state index contributed by atoms with van der Waals surface area (Å²) >= 11 is 0. The summed E-state index contributed by atoms with van der Waals surface area (Å²) in [5, 5.41) is 0. The smallest absolute Gasteiger partial charge is 0.347 e. The third kappa shape index (κ3) is 17.3. The van der Waals surface area contributed by atoms with Gasteiger partial charge in [-0.15, -0.1) is 0 Å². The summed E-state index contributed by atoms with van der Waals surface area (Å²) in [4.78, 5) is 23.8. The van der Waals surface area contributed by atoms with Gasteiger partial charge >= 0.3 is 11.9 Å². The van der Waals surface area contributed by atoms with Crippen molar-refractivity contribution in [2.24, 2.45) is 5.92 Å². The van der Waals surface area contributed by atoms with E-state index in [0.717, 1.165) is 25.7 Å². The van der Waals surface area contributed by atoms with Crippen LogP contribution in [0.5, 0.6) is 0 Å². The average Bonchev–Trinajstić information content (AvgIpc) is 2.69. The van der Waals surface area contributed by atoms with Gasteiger partial charge in [0, 0.05) is 12.3 Å². The average molecular weight is 411 g/mol. The van der Waals surface area contributed by atoms with E-state index in [9.17, 15) is 9.59 Å². The summed E-state index contributed by atoms with van der Waals surface area (Å²) in [6, 6.07) is 0. The molecule has 0 aromatic rings. The van der Waals surface area contributed by atoms with Crippen LogP contribution in [0.15, 0.2) is 12.2 Å². The minimum absolute atomic E-state index is 0.0767. The fourth-order valence-electron chi connectivity index (χ4n) is 3.22. The monoisotopic (exact) mass is 410 g/mol. The molecule has 29 heavy (non-hydrogen) atoms. The molecule has 0 saturated heterocycles. The van der Waals surface area contributed by atoms with Crippen molar-refractivity contribution in [1.29, 1.82) is 0 Å². The maximum Gasteiger partial charge on any atom is 0.347 e. The Bertz CT molecular complexity index is 429. The molecule has 0 heterocycles. The predicted molar refractivity (Wildman–Crippen MR) is 121 cm³/mol. The normalized spacial score (nSPS) is 12.4. The Morgan fingerprint density at radius 1 is 0.759 bits per heavy atom. The zero-order valence-electron chi connectivity index (χ0n) is 19.5. The molecule has 0 rings (SSSR count). The molecule has 0 spiro atoms. The van der Waals surface area contributed by atoms with Crippen molar-refractivity contribution >= 4 is 11.9 Å². The largest absolute Gasteiger partial charge is 0.463 e. The molecule has 0 aromatic carbocycles. The number of carbonyl (C=O) groups excluding carboxylic acids is 2. The van der Waals surface area contributed by atoms with Crippen LogP contribution >= 0.6 is 0 Å². The lowest BCUT2D eigenvalue weighted by Gasteiger charge is -2.19. The van der Waals surface area contributed by atoms with Crippen molar-refractivity contribution in [2.75, 3.05) is 6.61 Å². The van der Waals surface area contributed by atoms with Gasteiger partial charge < -0.3 is 9.47 Å². The molecule has 0 radical (unpaired) electrons. The van der Waals surface area contributed by atoms with Gasteiger partial charge in [-0.2, -0.15) is 0 Å². The molecular weight excluding hydrogens is 364 g/mol. The van der Waals surface area contributed by atoms with E-state index in [2.05, 4.69) is 19.1 Å². The summed E-state index contributed by atoms with van der Waals surface area (Å²) in [5.41, 5.74) is 0. The van der Waals surface area contributed by atoms with Gasteiger partial charge in [0.2, 0.25) is 6.10 Å². The molecule has 0 amide bonds. The maximum absolute atomic E-state index is 12.0. The van der Waals surface area contributed by atoms with Gasteiger partial charge in [0.15, 0.2) is 0 Å². The molecule has 0 aliphatic heterocycles. The Morgan fingerprint density at radius 3 is 1.79 bits per heavy atom. The van der Waals surface area contributed by atoms with Crippen LogP contribution in [0.25, 0.3) is 0 Å². The number of ether oxygens (including phenoxy) is 2. The second kappa shape index (κ2) is 20.0. The molecule has 1 unspecified atom stereocenters. The van der Waals surface area contributed by atoms with Gasteiger partial charge in [-0.25, -0.2) is 4.79 Å². The van der Waals surface area contributed by atoms with Gasteiger partial charge in [-0.3, -0.25) is 4.79 Å². The van der Waals surface area contributed by atoms with Crippen LogP contribution in [0.1, 0.15) is 118 Å². The highest BCUT2D eigenvalue weighted by atomic mass is 16.6. The van der Waals surface area contributed by atoms with Crippen LogP contribution in [-0.2, 0) is 19.1 Å². The van der Waals surface area contributed by atoms with Crippen molar-refractivity contribution in [3.05, 3.63) is 12.2 Å². The van der Waals surface area contributed by atoms with Crippen LogP contribution in [0, 0.1) is 5.92 Å². The molecule has 0 N–H and O–H groups in total. The molecule has 0 aromatic heterocycles. The van der Waals surface area contributed by atoms with E-state index in [1.807, 2.05) is 13.8 Å². The highest BCUT2D eigenvalue weighted by Gasteiger charge is 2.27. The maximum atomic E-state index is 12.0.